The summed E-state index contributed by atoms with van der Waals surface area (Å²) in [6, 6.07) is 0.655. The fourth-order valence-electron chi connectivity index (χ4n) is 2.16. The molecule has 3 nitrogen and oxygen atoms in total. The van der Waals surface area contributed by atoms with Crippen LogP contribution in [0.2, 0.25) is 0 Å². The normalized spacial score (nSPS) is 17.6. The van der Waals surface area contributed by atoms with Crippen molar-refractivity contribution in [3.8, 4) is 0 Å². The van der Waals surface area contributed by atoms with Gasteiger partial charge in [-0.05, 0) is 26.7 Å². The molecule has 1 N–H and O–H groups in total. The minimum absolute atomic E-state index is 0.655. The van der Waals surface area contributed by atoms with Gasteiger partial charge < -0.3 is 9.88 Å². The second-order valence-electron chi connectivity index (χ2n) is 4.12. The van der Waals surface area contributed by atoms with Gasteiger partial charge in [-0.3, -0.25) is 0 Å². The number of nitrogens with zero attached hydrogens (tertiary/aromatic N) is 2. The van der Waals surface area contributed by atoms with Crippen LogP contribution in [0.3, 0.4) is 0 Å². The van der Waals surface area contributed by atoms with E-state index in [0.29, 0.717) is 6.04 Å². The molecule has 1 fully saturated rings. The maximum atomic E-state index is 4.50. The van der Waals surface area contributed by atoms with Crippen LogP contribution in [-0.2, 0) is 6.54 Å². The summed E-state index contributed by atoms with van der Waals surface area (Å²) < 4.78 is 2.19. The summed E-state index contributed by atoms with van der Waals surface area (Å²) >= 11 is 0. The molecule has 1 heterocycles. The third-order valence-electron chi connectivity index (χ3n) is 2.93. The largest absolute Gasteiger partial charge is 0.353 e. The van der Waals surface area contributed by atoms with Crippen molar-refractivity contribution in [3.63, 3.8) is 0 Å². The van der Waals surface area contributed by atoms with Gasteiger partial charge in [0, 0.05) is 18.8 Å². The standard InChI is InChI=1S/C11H19N3/c1-3-14-8-9(2)12-11(14)13-10-6-4-5-7-10/h8,10H,3-7H2,1-2H3,(H,12,13). The van der Waals surface area contributed by atoms with Crippen LogP contribution in [0.25, 0.3) is 0 Å². The summed E-state index contributed by atoms with van der Waals surface area (Å²) in [4.78, 5) is 4.50. The Hall–Kier alpha value is -0.990. The predicted molar refractivity (Wildman–Crippen MR) is 58.5 cm³/mol. The van der Waals surface area contributed by atoms with Crippen molar-refractivity contribution in [2.45, 2.75) is 52.1 Å². The van der Waals surface area contributed by atoms with E-state index in [-0.39, 0.29) is 0 Å². The van der Waals surface area contributed by atoms with E-state index in [0.717, 1.165) is 18.2 Å². The van der Waals surface area contributed by atoms with Crippen molar-refractivity contribution >= 4 is 5.95 Å². The van der Waals surface area contributed by atoms with Crippen molar-refractivity contribution in [1.82, 2.24) is 9.55 Å². The second kappa shape index (κ2) is 4.03. The van der Waals surface area contributed by atoms with Crippen LogP contribution in [0.15, 0.2) is 6.20 Å². The minimum atomic E-state index is 0.655. The highest BCUT2D eigenvalue weighted by Gasteiger charge is 2.16. The summed E-state index contributed by atoms with van der Waals surface area (Å²) in [5, 5.41) is 3.53. The first-order valence-corrected chi connectivity index (χ1v) is 5.60. The molecule has 1 saturated carbocycles. The van der Waals surface area contributed by atoms with Crippen molar-refractivity contribution in [3.05, 3.63) is 11.9 Å². The van der Waals surface area contributed by atoms with Crippen molar-refractivity contribution in [1.29, 1.82) is 0 Å². The predicted octanol–water partition coefficient (Wildman–Crippen LogP) is 2.57. The maximum Gasteiger partial charge on any atom is 0.203 e. The van der Waals surface area contributed by atoms with E-state index in [4.69, 9.17) is 0 Å². The van der Waals surface area contributed by atoms with Gasteiger partial charge >= 0.3 is 0 Å². The summed E-state index contributed by atoms with van der Waals surface area (Å²) in [5.41, 5.74) is 1.10. The minimum Gasteiger partial charge on any atom is -0.353 e. The number of rotatable bonds is 3. The van der Waals surface area contributed by atoms with Crippen LogP contribution in [0.5, 0.6) is 0 Å². The number of aryl methyl sites for hydroxylation is 2. The molecule has 1 aromatic heterocycles. The van der Waals surface area contributed by atoms with E-state index < -0.39 is 0 Å². The van der Waals surface area contributed by atoms with Crippen LogP contribution in [0, 0.1) is 6.92 Å². The molecule has 1 aliphatic rings. The van der Waals surface area contributed by atoms with Crippen LogP contribution in [0.4, 0.5) is 5.95 Å². The lowest BCUT2D eigenvalue weighted by Gasteiger charge is -2.13. The number of hydrogen-bond acceptors (Lipinski definition) is 2. The molecule has 0 bridgehead atoms. The van der Waals surface area contributed by atoms with E-state index in [2.05, 4.69) is 28.0 Å². The molecule has 0 aromatic carbocycles. The van der Waals surface area contributed by atoms with Crippen LogP contribution >= 0.6 is 0 Å². The summed E-state index contributed by atoms with van der Waals surface area (Å²) in [6.45, 7) is 5.20. The Bertz CT molecular complexity index is 297. The first-order valence-electron chi connectivity index (χ1n) is 5.60. The highest BCUT2D eigenvalue weighted by Crippen LogP contribution is 2.21. The van der Waals surface area contributed by atoms with Crippen LogP contribution < -0.4 is 5.32 Å². The third-order valence-corrected chi connectivity index (χ3v) is 2.93. The molecular weight excluding hydrogens is 174 g/mol. The number of imidazole rings is 1. The molecule has 0 radical (unpaired) electrons. The highest BCUT2D eigenvalue weighted by atomic mass is 15.2. The molecule has 78 valence electrons. The monoisotopic (exact) mass is 193 g/mol. The van der Waals surface area contributed by atoms with Crippen LogP contribution in [0.1, 0.15) is 38.3 Å². The molecular formula is C11H19N3. The molecule has 14 heavy (non-hydrogen) atoms. The van der Waals surface area contributed by atoms with E-state index in [1.165, 1.54) is 25.7 Å². The Morgan fingerprint density at radius 1 is 1.50 bits per heavy atom. The van der Waals surface area contributed by atoms with Gasteiger partial charge in [-0.25, -0.2) is 4.98 Å². The van der Waals surface area contributed by atoms with Gasteiger partial charge in [0.15, 0.2) is 0 Å². The lowest BCUT2D eigenvalue weighted by Crippen LogP contribution is -2.17. The van der Waals surface area contributed by atoms with Gasteiger partial charge in [-0.15, -0.1) is 0 Å². The zero-order chi connectivity index (χ0) is 9.97. The zero-order valence-electron chi connectivity index (χ0n) is 9.08. The summed E-state index contributed by atoms with van der Waals surface area (Å²) in [6.07, 6.45) is 7.44. The molecule has 1 aliphatic carbocycles. The van der Waals surface area contributed by atoms with Crippen molar-refractivity contribution in [2.75, 3.05) is 5.32 Å². The Balaban J connectivity index is 2.06. The summed E-state index contributed by atoms with van der Waals surface area (Å²) in [5.74, 6) is 1.05. The Kier molecular flexibility index (Phi) is 2.75. The first kappa shape index (κ1) is 9.56. The Labute approximate surface area is 85.5 Å². The Morgan fingerprint density at radius 3 is 2.86 bits per heavy atom. The highest BCUT2D eigenvalue weighted by molar-refractivity contribution is 5.30. The lowest BCUT2D eigenvalue weighted by molar-refractivity contribution is 0.706. The molecule has 0 saturated heterocycles. The molecule has 1 aromatic rings. The number of hydrogen-bond donors (Lipinski definition) is 1. The van der Waals surface area contributed by atoms with Gasteiger partial charge in [-0.2, -0.15) is 0 Å². The van der Waals surface area contributed by atoms with E-state index in [9.17, 15) is 0 Å². The maximum absolute atomic E-state index is 4.50. The first-order chi connectivity index (χ1) is 6.79. The van der Waals surface area contributed by atoms with E-state index in [1.807, 2.05) is 6.92 Å². The molecule has 3 heteroatoms. The lowest BCUT2D eigenvalue weighted by atomic mass is 10.2. The molecule has 0 aliphatic heterocycles. The van der Waals surface area contributed by atoms with Gasteiger partial charge in [0.2, 0.25) is 5.95 Å². The number of nitrogens with one attached hydrogen (secondary N) is 1. The summed E-state index contributed by atoms with van der Waals surface area (Å²) in [7, 11) is 0. The molecule has 0 unspecified atom stereocenters. The van der Waals surface area contributed by atoms with Crippen molar-refractivity contribution < 1.29 is 0 Å². The van der Waals surface area contributed by atoms with E-state index >= 15 is 0 Å². The second-order valence-corrected chi connectivity index (χ2v) is 4.12. The van der Waals surface area contributed by atoms with Gasteiger partial charge in [-0.1, -0.05) is 12.8 Å². The fourth-order valence-corrected chi connectivity index (χ4v) is 2.16. The average Bonchev–Trinajstić information content (AvgIpc) is 2.76. The molecule has 0 amide bonds. The van der Waals surface area contributed by atoms with Crippen molar-refractivity contribution in [2.24, 2.45) is 0 Å². The quantitative estimate of drug-likeness (QED) is 0.799. The number of aromatic nitrogens is 2. The number of anilines is 1. The Morgan fingerprint density at radius 2 is 2.21 bits per heavy atom. The topological polar surface area (TPSA) is 29.9 Å². The third kappa shape index (κ3) is 1.91. The smallest absolute Gasteiger partial charge is 0.203 e. The van der Waals surface area contributed by atoms with E-state index in [1.54, 1.807) is 0 Å². The van der Waals surface area contributed by atoms with Gasteiger partial charge in [0.1, 0.15) is 0 Å². The van der Waals surface area contributed by atoms with Crippen LogP contribution in [-0.4, -0.2) is 15.6 Å². The SMILES string of the molecule is CCn1cc(C)nc1NC1CCCC1. The molecule has 0 atom stereocenters. The van der Waals surface area contributed by atoms with Gasteiger partial charge in [0.05, 0.1) is 5.69 Å². The zero-order valence-corrected chi connectivity index (χ0v) is 9.08. The fraction of sp³-hybridized carbons (Fsp3) is 0.727. The van der Waals surface area contributed by atoms with Gasteiger partial charge in [0.25, 0.3) is 0 Å². The molecule has 2 rings (SSSR count). The molecule has 0 spiro atoms. The average molecular weight is 193 g/mol.